The first-order valence-corrected chi connectivity index (χ1v) is 15.3. The molecule has 0 N–H and O–H groups in total. The van der Waals surface area contributed by atoms with Crippen molar-refractivity contribution in [1.29, 1.82) is 0 Å². The molecule has 0 amide bonds. The molecule has 210 valence electrons. The summed E-state index contributed by atoms with van der Waals surface area (Å²) >= 11 is 0. The number of ether oxygens (including phenoxy) is 4. The van der Waals surface area contributed by atoms with Gasteiger partial charge in [0.05, 0.1) is 39.8 Å². The van der Waals surface area contributed by atoms with Gasteiger partial charge in [0.1, 0.15) is 0 Å². The summed E-state index contributed by atoms with van der Waals surface area (Å²) in [7, 11) is 9.98. The first kappa shape index (κ1) is 27.8. The topological polar surface area (TPSA) is 62.7 Å². The van der Waals surface area contributed by atoms with Crippen LogP contribution in [0.15, 0.2) is 107 Å². The summed E-state index contributed by atoms with van der Waals surface area (Å²) in [5.74, 6) is 2.72. The minimum absolute atomic E-state index is 0.671. The average molecular weight is 593 g/mol. The quantitative estimate of drug-likeness (QED) is 0.154. The van der Waals surface area contributed by atoms with E-state index in [9.17, 15) is 0 Å². The molecule has 8 heteroatoms. The van der Waals surface area contributed by atoms with Crippen LogP contribution in [-0.4, -0.2) is 38.4 Å². The lowest BCUT2D eigenvalue weighted by Crippen LogP contribution is -1.93. The Balaban J connectivity index is 1.39. The van der Waals surface area contributed by atoms with Crippen molar-refractivity contribution in [3.63, 3.8) is 0 Å². The van der Waals surface area contributed by atoms with Gasteiger partial charge in [-0.1, -0.05) is 58.0 Å². The van der Waals surface area contributed by atoms with Crippen LogP contribution in [0.2, 0.25) is 0 Å². The van der Waals surface area contributed by atoms with E-state index in [-0.39, 0.29) is 0 Å². The Morgan fingerprint density at radius 1 is 0.476 bits per heavy atom. The molecule has 0 atom stereocenters. The summed E-state index contributed by atoms with van der Waals surface area (Å²) in [5.41, 5.74) is 3.88. The van der Waals surface area contributed by atoms with E-state index in [0.29, 0.717) is 23.0 Å². The summed E-state index contributed by atoms with van der Waals surface area (Å²) in [4.78, 5) is 11.8. The van der Waals surface area contributed by atoms with Gasteiger partial charge in [-0.3, -0.25) is 9.97 Å². The van der Waals surface area contributed by atoms with Gasteiger partial charge in [0.25, 0.3) is 0 Å². The molecule has 6 rings (SSSR count). The summed E-state index contributed by atoms with van der Waals surface area (Å²) in [6.07, 6.45) is 3.67. The third-order valence-corrected chi connectivity index (χ3v) is 9.52. The first-order chi connectivity index (χ1) is 20.6. The van der Waals surface area contributed by atoms with Crippen molar-refractivity contribution >= 4 is 43.1 Å². The molecule has 0 aliphatic heterocycles. The second-order valence-corrected chi connectivity index (χ2v) is 11.5. The fraction of sp³-hybridized carbons (Fsp3) is 0.118. The van der Waals surface area contributed by atoms with Gasteiger partial charge in [0.15, 0.2) is 23.0 Å². The maximum atomic E-state index is 5.60. The van der Waals surface area contributed by atoms with Gasteiger partial charge < -0.3 is 18.9 Å². The van der Waals surface area contributed by atoms with E-state index < -0.39 is 0 Å². The predicted octanol–water partition coefficient (Wildman–Crippen LogP) is 8.95. The molecule has 6 nitrogen and oxygen atoms in total. The van der Waals surface area contributed by atoms with Crippen molar-refractivity contribution in [2.75, 3.05) is 28.4 Å². The molecular weight excluding hydrogens is 565 g/mol. The number of rotatable bonds is 9. The van der Waals surface area contributed by atoms with E-state index in [1.54, 1.807) is 50.0 Å². The van der Waals surface area contributed by atoms with Gasteiger partial charge in [-0.15, -0.1) is 0 Å². The maximum absolute atomic E-state index is 5.60. The number of hydrogen-bond donors (Lipinski definition) is 0. The smallest absolute Gasteiger partial charge is 0.161 e. The van der Waals surface area contributed by atoms with Crippen LogP contribution < -0.4 is 18.9 Å². The lowest BCUT2D eigenvalue weighted by Gasteiger charge is -2.15. The van der Waals surface area contributed by atoms with Crippen LogP contribution in [0.25, 0.3) is 44.1 Å². The summed E-state index contributed by atoms with van der Waals surface area (Å²) in [6, 6.07) is 28.6. The van der Waals surface area contributed by atoms with Gasteiger partial charge in [-0.05, 0) is 59.3 Å². The molecule has 0 aliphatic rings. The Morgan fingerprint density at radius 3 is 1.26 bits per heavy atom. The third-order valence-electron chi connectivity index (χ3n) is 7.04. The zero-order valence-electron chi connectivity index (χ0n) is 23.6. The monoisotopic (exact) mass is 592 g/mol. The minimum Gasteiger partial charge on any atom is -0.493 e. The molecule has 0 saturated carbocycles. The number of nitrogens with zero attached hydrogens (tertiary/aromatic N) is 2. The summed E-state index contributed by atoms with van der Waals surface area (Å²) in [5, 5.41) is 4.06. The number of fused-ring (bicyclic) bond motifs is 2. The number of methoxy groups -OCH3 is 4. The molecule has 42 heavy (non-hydrogen) atoms. The number of hydrogen-bond acceptors (Lipinski definition) is 8. The van der Waals surface area contributed by atoms with Crippen LogP contribution in [0, 0.1) is 0 Å². The van der Waals surface area contributed by atoms with Crippen LogP contribution in [0.4, 0.5) is 0 Å². The minimum atomic E-state index is 0.671. The Kier molecular flexibility index (Phi) is 8.08. The SMILES string of the molecule is COc1cc2ccnc(-c3ccccc3SSc3ccccc3-c3nccc4cc(OC)c(OC)cc34)c2cc1OC. The van der Waals surface area contributed by atoms with Crippen LogP contribution in [0.1, 0.15) is 0 Å². The highest BCUT2D eigenvalue weighted by atomic mass is 33.1. The molecule has 2 aromatic heterocycles. The van der Waals surface area contributed by atoms with Gasteiger partial charge in [-0.2, -0.15) is 0 Å². The summed E-state index contributed by atoms with van der Waals surface area (Å²) < 4.78 is 22.3. The number of benzene rings is 4. The Labute approximate surface area is 252 Å². The fourth-order valence-electron chi connectivity index (χ4n) is 4.99. The van der Waals surface area contributed by atoms with Gasteiger partial charge in [-0.25, -0.2) is 0 Å². The largest absolute Gasteiger partial charge is 0.493 e. The fourth-order valence-corrected chi connectivity index (χ4v) is 7.36. The molecule has 0 unspecified atom stereocenters. The number of aromatic nitrogens is 2. The molecule has 0 radical (unpaired) electrons. The van der Waals surface area contributed by atoms with Crippen LogP contribution in [0.3, 0.4) is 0 Å². The van der Waals surface area contributed by atoms with Crippen molar-refractivity contribution in [1.82, 2.24) is 9.97 Å². The molecule has 2 heterocycles. The molecular formula is C34H28N2O4S2. The van der Waals surface area contributed by atoms with E-state index in [1.807, 2.05) is 60.9 Å². The third kappa shape index (κ3) is 5.19. The summed E-state index contributed by atoms with van der Waals surface area (Å²) in [6.45, 7) is 0. The van der Waals surface area contributed by atoms with Crippen LogP contribution in [-0.2, 0) is 0 Å². The highest BCUT2D eigenvalue weighted by Gasteiger charge is 2.17. The second kappa shape index (κ2) is 12.2. The zero-order valence-corrected chi connectivity index (χ0v) is 25.2. The Hall–Kier alpha value is -4.40. The van der Waals surface area contributed by atoms with Gasteiger partial charge in [0.2, 0.25) is 0 Å². The highest BCUT2D eigenvalue weighted by molar-refractivity contribution is 8.76. The zero-order chi connectivity index (χ0) is 29.1. The molecule has 0 aliphatic carbocycles. The Morgan fingerprint density at radius 2 is 0.857 bits per heavy atom. The maximum Gasteiger partial charge on any atom is 0.161 e. The molecule has 0 spiro atoms. The van der Waals surface area contributed by atoms with E-state index in [1.165, 1.54) is 0 Å². The average Bonchev–Trinajstić information content (AvgIpc) is 3.05. The van der Waals surface area contributed by atoms with Crippen LogP contribution >= 0.6 is 21.6 Å². The van der Waals surface area contributed by atoms with Crippen molar-refractivity contribution < 1.29 is 18.9 Å². The van der Waals surface area contributed by atoms with Crippen molar-refractivity contribution in [2.45, 2.75) is 9.79 Å². The van der Waals surface area contributed by atoms with Crippen molar-refractivity contribution in [2.24, 2.45) is 0 Å². The predicted molar refractivity (Wildman–Crippen MR) is 172 cm³/mol. The van der Waals surface area contributed by atoms with E-state index in [2.05, 4.69) is 36.4 Å². The van der Waals surface area contributed by atoms with Crippen LogP contribution in [0.5, 0.6) is 23.0 Å². The van der Waals surface area contributed by atoms with Crippen molar-refractivity contribution in [3.05, 3.63) is 97.3 Å². The molecule has 0 bridgehead atoms. The Bertz CT molecular complexity index is 1770. The lowest BCUT2D eigenvalue weighted by molar-refractivity contribution is 0.356. The molecule has 0 saturated heterocycles. The molecule has 6 aromatic rings. The highest BCUT2D eigenvalue weighted by Crippen LogP contribution is 2.47. The van der Waals surface area contributed by atoms with E-state index >= 15 is 0 Å². The lowest BCUT2D eigenvalue weighted by atomic mass is 10.0. The van der Waals surface area contributed by atoms with E-state index in [4.69, 9.17) is 28.9 Å². The second-order valence-electron chi connectivity index (χ2n) is 9.33. The van der Waals surface area contributed by atoms with Gasteiger partial charge >= 0.3 is 0 Å². The molecule has 4 aromatic carbocycles. The molecule has 0 fully saturated rings. The van der Waals surface area contributed by atoms with Gasteiger partial charge in [0, 0.05) is 44.1 Å². The normalized spacial score (nSPS) is 11.0. The number of pyridine rings is 2. The first-order valence-electron chi connectivity index (χ1n) is 13.2. The standard InChI is InChI=1S/C34H28N2O4S2/c1-37-27-17-21-13-15-35-33(25(21)19-29(27)39-3)23-9-5-7-11-31(23)41-42-32-12-8-6-10-24(32)34-26-20-30(40-4)28(38-2)18-22(26)14-16-36-34/h5-20H,1-4H3. The van der Waals surface area contributed by atoms with E-state index in [0.717, 1.165) is 53.9 Å². The van der Waals surface area contributed by atoms with Crippen molar-refractivity contribution in [3.8, 4) is 45.5 Å².